The summed E-state index contributed by atoms with van der Waals surface area (Å²) in [6, 6.07) is 9.03. The Hall–Kier alpha value is -1.70. The topological polar surface area (TPSA) is 6.48 Å². The summed E-state index contributed by atoms with van der Waals surface area (Å²) in [6.07, 6.45) is 19.6. The summed E-state index contributed by atoms with van der Waals surface area (Å²) in [6.45, 7) is 7.20. The third-order valence-electron chi connectivity index (χ3n) is 8.50. The molecule has 0 bridgehead atoms. The van der Waals surface area contributed by atoms with E-state index in [9.17, 15) is 0 Å². The second-order valence-electron chi connectivity index (χ2n) is 10.2. The van der Waals surface area contributed by atoms with Crippen LogP contribution in [0.1, 0.15) is 83.6 Å². The average Bonchev–Trinajstić information content (AvgIpc) is 3.26. The summed E-state index contributed by atoms with van der Waals surface area (Å²) in [7, 11) is 0. The minimum absolute atomic E-state index is 0.177. The number of nitrogens with zero attached hydrogens (tertiary/aromatic N) is 2. The molecule has 2 saturated carbocycles. The summed E-state index contributed by atoms with van der Waals surface area (Å²) >= 11 is 0. The molecule has 0 saturated heterocycles. The van der Waals surface area contributed by atoms with Gasteiger partial charge in [-0.25, -0.2) is 0 Å². The molecule has 2 aliphatic heterocycles. The van der Waals surface area contributed by atoms with Gasteiger partial charge in [-0.15, -0.1) is 0 Å². The summed E-state index contributed by atoms with van der Waals surface area (Å²) in [5.74, 6) is 1.55. The lowest BCUT2D eigenvalue weighted by atomic mass is 9.74. The van der Waals surface area contributed by atoms with Crippen LogP contribution in [-0.2, 0) is 0 Å². The number of aryl methyl sites for hydroxylation is 1. The Kier molecular flexibility index (Phi) is 5.00. The molecule has 1 aromatic rings. The monoisotopic (exact) mass is 390 g/mol. The predicted octanol–water partition coefficient (Wildman–Crippen LogP) is 7.16. The predicted molar refractivity (Wildman–Crippen MR) is 123 cm³/mol. The number of benzene rings is 1. The van der Waals surface area contributed by atoms with Crippen LogP contribution in [0.15, 0.2) is 47.8 Å². The van der Waals surface area contributed by atoms with Crippen molar-refractivity contribution in [2.75, 3.05) is 4.90 Å². The third kappa shape index (κ3) is 3.05. The quantitative estimate of drug-likeness (QED) is 0.540. The Bertz CT molecular complexity index is 810. The van der Waals surface area contributed by atoms with Crippen molar-refractivity contribution < 1.29 is 0 Å². The molecular formula is C27H38N2. The molecule has 0 amide bonds. The van der Waals surface area contributed by atoms with Crippen molar-refractivity contribution in [3.63, 3.8) is 0 Å². The summed E-state index contributed by atoms with van der Waals surface area (Å²) in [5.41, 5.74) is 5.96. The van der Waals surface area contributed by atoms with Gasteiger partial charge in [0, 0.05) is 11.4 Å². The third-order valence-corrected chi connectivity index (χ3v) is 8.50. The van der Waals surface area contributed by atoms with Crippen LogP contribution in [0.4, 0.5) is 5.69 Å². The van der Waals surface area contributed by atoms with Crippen molar-refractivity contribution in [3.8, 4) is 0 Å². The number of rotatable bonds is 3. The average molecular weight is 391 g/mol. The van der Waals surface area contributed by atoms with Crippen molar-refractivity contribution in [3.05, 3.63) is 53.4 Å². The lowest BCUT2D eigenvalue weighted by molar-refractivity contribution is 0.0534. The highest BCUT2D eigenvalue weighted by Gasteiger charge is 2.52. The highest BCUT2D eigenvalue weighted by atomic mass is 15.5. The fourth-order valence-corrected chi connectivity index (χ4v) is 6.86. The van der Waals surface area contributed by atoms with Crippen molar-refractivity contribution >= 4 is 5.69 Å². The van der Waals surface area contributed by atoms with E-state index in [1.54, 1.807) is 0 Å². The highest BCUT2D eigenvalue weighted by molar-refractivity contribution is 5.63. The van der Waals surface area contributed by atoms with Crippen LogP contribution in [0.5, 0.6) is 0 Å². The van der Waals surface area contributed by atoms with Gasteiger partial charge in [0.1, 0.15) is 6.17 Å². The van der Waals surface area contributed by atoms with Gasteiger partial charge in [-0.2, -0.15) is 0 Å². The van der Waals surface area contributed by atoms with Crippen molar-refractivity contribution in [2.45, 2.75) is 96.7 Å². The first kappa shape index (κ1) is 19.3. The van der Waals surface area contributed by atoms with Crippen LogP contribution in [0.2, 0.25) is 0 Å². The van der Waals surface area contributed by atoms with E-state index >= 15 is 0 Å². The van der Waals surface area contributed by atoms with E-state index in [0.29, 0.717) is 6.17 Å². The van der Waals surface area contributed by atoms with Crippen LogP contribution in [0.25, 0.3) is 0 Å². The maximum Gasteiger partial charge on any atom is 0.110 e. The summed E-state index contributed by atoms with van der Waals surface area (Å²) in [5, 5.41) is 0. The number of fused-ring (bicyclic) bond motifs is 1. The molecule has 0 aromatic heterocycles. The second kappa shape index (κ2) is 7.52. The lowest BCUT2D eigenvalue weighted by Gasteiger charge is -2.50. The fraction of sp³-hybridized carbons (Fsp3) is 0.630. The highest BCUT2D eigenvalue weighted by Crippen LogP contribution is 2.52. The van der Waals surface area contributed by atoms with E-state index in [1.165, 1.54) is 86.9 Å². The molecule has 2 aliphatic carbocycles. The molecule has 2 nitrogen and oxygen atoms in total. The van der Waals surface area contributed by atoms with E-state index in [1.807, 2.05) is 0 Å². The minimum Gasteiger partial charge on any atom is -0.340 e. The van der Waals surface area contributed by atoms with Gasteiger partial charge in [0.15, 0.2) is 0 Å². The molecule has 0 N–H and O–H groups in total. The summed E-state index contributed by atoms with van der Waals surface area (Å²) in [4.78, 5) is 5.62. The molecule has 4 aliphatic rings. The van der Waals surface area contributed by atoms with E-state index in [2.05, 4.69) is 67.0 Å². The number of para-hydroxylation sites is 1. The zero-order valence-corrected chi connectivity index (χ0v) is 18.7. The standard InChI is InChI=1S/C27H38N2/c1-20-12-10-11-17-24(20)28-21(2)25-18-19-27(3,23-15-8-5-9-16-23)29(25)26(28)22-13-6-4-7-14-22/h10-12,17-19,22-23,26H,4-9,13-16H2,1-3H3. The van der Waals surface area contributed by atoms with Crippen LogP contribution in [0, 0.1) is 18.8 Å². The van der Waals surface area contributed by atoms with Gasteiger partial charge in [-0.3, -0.25) is 0 Å². The molecule has 2 unspecified atom stereocenters. The van der Waals surface area contributed by atoms with Crippen LogP contribution >= 0.6 is 0 Å². The first-order valence-electron chi connectivity index (χ1n) is 12.2. The molecule has 29 heavy (non-hydrogen) atoms. The molecule has 1 aromatic carbocycles. The first-order chi connectivity index (χ1) is 14.1. The van der Waals surface area contributed by atoms with E-state index in [4.69, 9.17) is 0 Å². The molecule has 2 heterocycles. The number of hydrogen-bond acceptors (Lipinski definition) is 2. The Morgan fingerprint density at radius 3 is 2.21 bits per heavy atom. The Balaban J connectivity index is 1.59. The maximum atomic E-state index is 2.89. The molecule has 0 spiro atoms. The zero-order valence-electron chi connectivity index (χ0n) is 18.7. The zero-order chi connectivity index (χ0) is 20.0. The largest absolute Gasteiger partial charge is 0.340 e. The Labute approximate surface area is 177 Å². The summed E-state index contributed by atoms with van der Waals surface area (Å²) < 4.78 is 0. The van der Waals surface area contributed by atoms with Gasteiger partial charge in [-0.05, 0) is 76.0 Å². The maximum absolute atomic E-state index is 2.89. The van der Waals surface area contributed by atoms with Gasteiger partial charge >= 0.3 is 0 Å². The van der Waals surface area contributed by atoms with Crippen LogP contribution < -0.4 is 4.90 Å². The lowest BCUT2D eigenvalue weighted by Crippen LogP contribution is -2.56. The van der Waals surface area contributed by atoms with Crippen molar-refractivity contribution in [1.82, 2.24) is 4.90 Å². The number of allylic oxidation sites excluding steroid dienone is 2. The van der Waals surface area contributed by atoms with Crippen LogP contribution in [0.3, 0.4) is 0 Å². The number of anilines is 1. The smallest absolute Gasteiger partial charge is 0.110 e. The van der Waals surface area contributed by atoms with Gasteiger partial charge < -0.3 is 9.80 Å². The Morgan fingerprint density at radius 2 is 1.52 bits per heavy atom. The fourth-order valence-electron chi connectivity index (χ4n) is 6.86. The van der Waals surface area contributed by atoms with Gasteiger partial charge in [0.05, 0.1) is 11.2 Å². The molecule has 0 radical (unpaired) electrons. The molecule has 2 fully saturated rings. The molecule has 5 rings (SSSR count). The molecular weight excluding hydrogens is 352 g/mol. The van der Waals surface area contributed by atoms with E-state index < -0.39 is 0 Å². The minimum atomic E-state index is 0.177. The van der Waals surface area contributed by atoms with Crippen LogP contribution in [-0.4, -0.2) is 16.6 Å². The second-order valence-corrected chi connectivity index (χ2v) is 10.2. The first-order valence-corrected chi connectivity index (χ1v) is 12.2. The van der Waals surface area contributed by atoms with E-state index in [-0.39, 0.29) is 5.54 Å². The van der Waals surface area contributed by atoms with E-state index in [0.717, 1.165) is 11.8 Å². The molecule has 2 atom stereocenters. The number of hydrogen-bond donors (Lipinski definition) is 0. The molecule has 2 heteroatoms. The SMILES string of the molecule is CC1=C2C=CC(C)(C3CCCCC3)N2C(C2CCCCC2)N1c1ccccc1C. The van der Waals surface area contributed by atoms with Gasteiger partial charge in [0.25, 0.3) is 0 Å². The Morgan fingerprint density at radius 1 is 0.862 bits per heavy atom. The molecule has 156 valence electrons. The van der Waals surface area contributed by atoms with Crippen molar-refractivity contribution in [2.24, 2.45) is 11.8 Å². The van der Waals surface area contributed by atoms with Crippen molar-refractivity contribution in [1.29, 1.82) is 0 Å². The normalized spacial score (nSPS) is 31.1. The van der Waals surface area contributed by atoms with Gasteiger partial charge in [-0.1, -0.05) is 62.8 Å². The van der Waals surface area contributed by atoms with Gasteiger partial charge in [0.2, 0.25) is 0 Å².